The molecule has 0 heterocycles. The fraction of sp³-hybridized carbons (Fsp3) is 0.571. The molecule has 1 aromatic carbocycles. The third-order valence-corrected chi connectivity index (χ3v) is 4.49. The summed E-state index contributed by atoms with van der Waals surface area (Å²) in [4.78, 5) is 0. The maximum Gasteiger partial charge on any atom is 0.0297 e. The average molecular weight is 284 g/mol. The SMILES string of the molecule is CCC(C)CC(N)c1cc(C)c(Br)c(C)c1. The number of halogens is 1. The van der Waals surface area contributed by atoms with E-state index in [1.807, 2.05) is 0 Å². The van der Waals surface area contributed by atoms with Gasteiger partial charge in [0, 0.05) is 10.5 Å². The maximum absolute atomic E-state index is 6.24. The standard InChI is InChI=1S/C14H22BrN/c1-5-9(2)6-13(16)12-7-10(3)14(15)11(4)8-12/h7-9,13H,5-6,16H2,1-4H3. The van der Waals surface area contributed by atoms with Gasteiger partial charge in [-0.05, 0) is 42.9 Å². The second-order valence-electron chi connectivity index (χ2n) is 4.82. The van der Waals surface area contributed by atoms with Crippen molar-refractivity contribution < 1.29 is 0 Å². The molecule has 0 amide bonds. The number of benzene rings is 1. The molecule has 0 saturated carbocycles. The molecule has 0 aliphatic rings. The molecular weight excluding hydrogens is 262 g/mol. The summed E-state index contributed by atoms with van der Waals surface area (Å²) < 4.78 is 1.20. The van der Waals surface area contributed by atoms with E-state index < -0.39 is 0 Å². The number of aryl methyl sites for hydroxylation is 2. The van der Waals surface area contributed by atoms with Gasteiger partial charge in [-0.2, -0.15) is 0 Å². The molecule has 0 fully saturated rings. The molecule has 0 spiro atoms. The maximum atomic E-state index is 6.24. The van der Waals surface area contributed by atoms with Crippen molar-refractivity contribution in [1.82, 2.24) is 0 Å². The molecule has 2 N–H and O–H groups in total. The summed E-state index contributed by atoms with van der Waals surface area (Å²) in [7, 11) is 0. The summed E-state index contributed by atoms with van der Waals surface area (Å²) >= 11 is 3.59. The fourth-order valence-electron chi connectivity index (χ4n) is 1.93. The van der Waals surface area contributed by atoms with Crippen molar-refractivity contribution in [2.45, 2.75) is 46.6 Å². The first-order chi connectivity index (χ1) is 7.45. The molecule has 0 aliphatic carbocycles. The highest BCUT2D eigenvalue weighted by Gasteiger charge is 2.12. The van der Waals surface area contributed by atoms with E-state index in [4.69, 9.17) is 5.73 Å². The van der Waals surface area contributed by atoms with Crippen LogP contribution in [-0.2, 0) is 0 Å². The van der Waals surface area contributed by atoms with Crippen LogP contribution >= 0.6 is 15.9 Å². The second-order valence-corrected chi connectivity index (χ2v) is 5.62. The minimum Gasteiger partial charge on any atom is -0.324 e. The van der Waals surface area contributed by atoms with Gasteiger partial charge in [0.25, 0.3) is 0 Å². The van der Waals surface area contributed by atoms with Crippen molar-refractivity contribution in [2.24, 2.45) is 11.7 Å². The molecular formula is C14H22BrN. The van der Waals surface area contributed by atoms with E-state index >= 15 is 0 Å². The lowest BCUT2D eigenvalue weighted by Crippen LogP contribution is -2.14. The van der Waals surface area contributed by atoms with E-state index in [9.17, 15) is 0 Å². The highest BCUT2D eigenvalue weighted by atomic mass is 79.9. The molecule has 1 aromatic rings. The molecule has 2 heteroatoms. The van der Waals surface area contributed by atoms with Gasteiger partial charge in [0.2, 0.25) is 0 Å². The van der Waals surface area contributed by atoms with Crippen LogP contribution in [0.4, 0.5) is 0 Å². The van der Waals surface area contributed by atoms with Crippen LogP contribution in [0.1, 0.15) is 49.4 Å². The Hall–Kier alpha value is -0.340. The molecule has 1 rings (SSSR count). The molecule has 0 bridgehead atoms. The number of hydrogen-bond donors (Lipinski definition) is 1. The number of nitrogens with two attached hydrogens (primary N) is 1. The summed E-state index contributed by atoms with van der Waals surface area (Å²) in [6, 6.07) is 4.56. The lowest BCUT2D eigenvalue weighted by molar-refractivity contribution is 0.461. The Balaban J connectivity index is 2.88. The Kier molecular flexibility index (Phi) is 5.00. The van der Waals surface area contributed by atoms with E-state index in [1.54, 1.807) is 0 Å². The van der Waals surface area contributed by atoms with Gasteiger partial charge in [0.05, 0.1) is 0 Å². The molecule has 0 aromatic heterocycles. The first-order valence-electron chi connectivity index (χ1n) is 5.97. The van der Waals surface area contributed by atoms with E-state index in [0.29, 0.717) is 5.92 Å². The first kappa shape index (κ1) is 13.7. The van der Waals surface area contributed by atoms with Gasteiger partial charge in [0.1, 0.15) is 0 Å². The Morgan fingerprint density at radius 1 is 1.25 bits per heavy atom. The Morgan fingerprint density at radius 3 is 2.19 bits per heavy atom. The van der Waals surface area contributed by atoms with E-state index in [2.05, 4.69) is 55.8 Å². The largest absolute Gasteiger partial charge is 0.324 e. The van der Waals surface area contributed by atoms with Gasteiger partial charge in [-0.15, -0.1) is 0 Å². The smallest absolute Gasteiger partial charge is 0.0297 e. The molecule has 0 aliphatic heterocycles. The van der Waals surface area contributed by atoms with Crippen LogP contribution in [0.25, 0.3) is 0 Å². The summed E-state index contributed by atoms with van der Waals surface area (Å²) in [5.74, 6) is 0.694. The zero-order valence-electron chi connectivity index (χ0n) is 10.7. The normalized spacial score (nSPS) is 14.9. The quantitative estimate of drug-likeness (QED) is 0.865. The third kappa shape index (κ3) is 3.33. The van der Waals surface area contributed by atoms with Crippen LogP contribution in [0.2, 0.25) is 0 Å². The van der Waals surface area contributed by atoms with Crippen LogP contribution in [0.15, 0.2) is 16.6 Å². The zero-order chi connectivity index (χ0) is 12.3. The first-order valence-corrected chi connectivity index (χ1v) is 6.77. The zero-order valence-corrected chi connectivity index (χ0v) is 12.3. The molecule has 16 heavy (non-hydrogen) atoms. The second kappa shape index (κ2) is 5.83. The predicted octanol–water partition coefficient (Wildman–Crippen LogP) is 4.50. The van der Waals surface area contributed by atoms with Gasteiger partial charge < -0.3 is 5.73 Å². The monoisotopic (exact) mass is 283 g/mol. The Bertz CT molecular complexity index is 337. The number of hydrogen-bond acceptors (Lipinski definition) is 1. The topological polar surface area (TPSA) is 26.0 Å². The van der Waals surface area contributed by atoms with Crippen LogP contribution in [0, 0.1) is 19.8 Å². The van der Waals surface area contributed by atoms with Crippen LogP contribution < -0.4 is 5.73 Å². The predicted molar refractivity (Wildman–Crippen MR) is 74.6 cm³/mol. The van der Waals surface area contributed by atoms with Crippen molar-refractivity contribution in [3.05, 3.63) is 33.3 Å². The van der Waals surface area contributed by atoms with E-state index in [0.717, 1.165) is 6.42 Å². The molecule has 2 unspecified atom stereocenters. The number of rotatable bonds is 4. The van der Waals surface area contributed by atoms with Crippen molar-refractivity contribution in [1.29, 1.82) is 0 Å². The van der Waals surface area contributed by atoms with E-state index in [-0.39, 0.29) is 6.04 Å². The average Bonchev–Trinajstić information content (AvgIpc) is 2.24. The molecule has 0 saturated heterocycles. The van der Waals surface area contributed by atoms with Crippen molar-refractivity contribution >= 4 is 15.9 Å². The van der Waals surface area contributed by atoms with Gasteiger partial charge >= 0.3 is 0 Å². The summed E-state index contributed by atoms with van der Waals surface area (Å²) in [5.41, 5.74) is 10.1. The highest BCUT2D eigenvalue weighted by molar-refractivity contribution is 9.10. The highest BCUT2D eigenvalue weighted by Crippen LogP contribution is 2.27. The van der Waals surface area contributed by atoms with Crippen molar-refractivity contribution in [2.75, 3.05) is 0 Å². The Labute approximate surface area is 108 Å². The van der Waals surface area contributed by atoms with Crippen molar-refractivity contribution in [3.8, 4) is 0 Å². The summed E-state index contributed by atoms with van der Waals surface area (Å²) in [5, 5.41) is 0. The van der Waals surface area contributed by atoms with Gasteiger partial charge in [0.15, 0.2) is 0 Å². The third-order valence-electron chi connectivity index (χ3n) is 3.24. The minimum atomic E-state index is 0.167. The summed E-state index contributed by atoms with van der Waals surface area (Å²) in [6.45, 7) is 8.72. The molecule has 2 atom stereocenters. The van der Waals surface area contributed by atoms with Gasteiger partial charge in [-0.25, -0.2) is 0 Å². The van der Waals surface area contributed by atoms with Crippen LogP contribution in [-0.4, -0.2) is 0 Å². The van der Waals surface area contributed by atoms with Gasteiger partial charge in [-0.1, -0.05) is 48.3 Å². The lowest BCUT2D eigenvalue weighted by atomic mass is 9.93. The summed E-state index contributed by atoms with van der Waals surface area (Å²) in [6.07, 6.45) is 2.26. The molecule has 0 radical (unpaired) electrons. The van der Waals surface area contributed by atoms with Gasteiger partial charge in [-0.3, -0.25) is 0 Å². The van der Waals surface area contributed by atoms with Crippen LogP contribution in [0.5, 0.6) is 0 Å². The van der Waals surface area contributed by atoms with E-state index in [1.165, 1.54) is 27.6 Å². The molecule has 90 valence electrons. The lowest BCUT2D eigenvalue weighted by Gasteiger charge is -2.18. The van der Waals surface area contributed by atoms with Crippen molar-refractivity contribution in [3.63, 3.8) is 0 Å². The molecule has 1 nitrogen and oxygen atoms in total. The minimum absolute atomic E-state index is 0.167. The Morgan fingerprint density at radius 2 is 1.75 bits per heavy atom. The van der Waals surface area contributed by atoms with Crippen LogP contribution in [0.3, 0.4) is 0 Å². The fourth-order valence-corrected chi connectivity index (χ4v) is 2.16.